The zero-order valence-corrected chi connectivity index (χ0v) is 13.4. The summed E-state index contributed by atoms with van der Waals surface area (Å²) >= 11 is 0. The number of rotatable bonds is 3. The Morgan fingerprint density at radius 2 is 1.65 bits per heavy atom. The van der Waals surface area contributed by atoms with Gasteiger partial charge in [0.1, 0.15) is 12.2 Å². The Morgan fingerprint density at radius 3 is 2.30 bits per heavy atom. The van der Waals surface area contributed by atoms with Crippen molar-refractivity contribution in [2.24, 2.45) is 5.92 Å². The third kappa shape index (κ3) is 3.39. The average Bonchev–Trinajstić information content (AvgIpc) is 2.97. The maximum Gasteiger partial charge on any atom is 0.303 e. The number of ether oxygens (including phenoxy) is 3. The zero-order chi connectivity index (χ0) is 16.4. The SMILES string of the molecule is CC(=O)O[C@H]1[C@H]2CCC[C@@H]2O[C@H](c2ccccc2)[C@H]1OC(C)=O. The second-order valence-corrected chi connectivity index (χ2v) is 6.25. The maximum absolute atomic E-state index is 11.6. The van der Waals surface area contributed by atoms with Crippen molar-refractivity contribution in [3.63, 3.8) is 0 Å². The molecule has 0 amide bonds. The number of hydrogen-bond acceptors (Lipinski definition) is 5. The molecule has 0 aromatic heterocycles. The Hall–Kier alpha value is -1.88. The van der Waals surface area contributed by atoms with Gasteiger partial charge in [0, 0.05) is 19.8 Å². The van der Waals surface area contributed by atoms with Crippen molar-refractivity contribution >= 4 is 11.9 Å². The molecule has 2 fully saturated rings. The summed E-state index contributed by atoms with van der Waals surface area (Å²) in [5.74, 6) is -0.664. The molecule has 1 saturated heterocycles. The fraction of sp³-hybridized carbons (Fsp3) is 0.556. The van der Waals surface area contributed by atoms with Crippen LogP contribution >= 0.6 is 0 Å². The highest BCUT2D eigenvalue weighted by Gasteiger charge is 2.51. The first-order valence-electron chi connectivity index (χ1n) is 8.11. The van der Waals surface area contributed by atoms with Crippen molar-refractivity contribution in [2.75, 3.05) is 0 Å². The van der Waals surface area contributed by atoms with Gasteiger partial charge in [0.2, 0.25) is 0 Å². The first-order chi connectivity index (χ1) is 11.1. The highest BCUT2D eigenvalue weighted by Crippen LogP contribution is 2.45. The molecule has 0 spiro atoms. The van der Waals surface area contributed by atoms with Crippen LogP contribution in [-0.2, 0) is 23.8 Å². The fourth-order valence-corrected chi connectivity index (χ4v) is 3.76. The van der Waals surface area contributed by atoms with Crippen molar-refractivity contribution in [2.45, 2.75) is 57.5 Å². The molecule has 5 heteroatoms. The molecule has 0 unspecified atom stereocenters. The number of fused-ring (bicyclic) bond motifs is 1. The predicted molar refractivity (Wildman–Crippen MR) is 82.5 cm³/mol. The van der Waals surface area contributed by atoms with E-state index >= 15 is 0 Å². The summed E-state index contributed by atoms with van der Waals surface area (Å²) in [5.41, 5.74) is 0.932. The summed E-state index contributed by atoms with van der Waals surface area (Å²) in [5, 5.41) is 0. The summed E-state index contributed by atoms with van der Waals surface area (Å²) < 4.78 is 17.4. The lowest BCUT2D eigenvalue weighted by Gasteiger charge is -2.43. The third-order valence-electron chi connectivity index (χ3n) is 4.60. The molecule has 3 rings (SSSR count). The van der Waals surface area contributed by atoms with Crippen molar-refractivity contribution < 1.29 is 23.8 Å². The molecule has 1 saturated carbocycles. The smallest absolute Gasteiger partial charge is 0.303 e. The van der Waals surface area contributed by atoms with Gasteiger partial charge in [-0.2, -0.15) is 0 Å². The Labute approximate surface area is 135 Å². The molecule has 5 atom stereocenters. The molecule has 0 N–H and O–H groups in total. The Kier molecular flexibility index (Phi) is 4.66. The molecule has 1 aromatic rings. The number of hydrogen-bond donors (Lipinski definition) is 0. The molecule has 124 valence electrons. The molecular formula is C18H22O5. The van der Waals surface area contributed by atoms with E-state index in [4.69, 9.17) is 14.2 Å². The van der Waals surface area contributed by atoms with Gasteiger partial charge < -0.3 is 14.2 Å². The van der Waals surface area contributed by atoms with Crippen LogP contribution in [0.5, 0.6) is 0 Å². The minimum absolute atomic E-state index is 0.0383. The first-order valence-corrected chi connectivity index (χ1v) is 8.11. The lowest BCUT2D eigenvalue weighted by Crippen LogP contribution is -2.52. The average molecular weight is 318 g/mol. The third-order valence-corrected chi connectivity index (χ3v) is 4.60. The molecule has 1 aromatic carbocycles. The molecule has 5 nitrogen and oxygen atoms in total. The van der Waals surface area contributed by atoms with Gasteiger partial charge in [0.05, 0.1) is 6.10 Å². The van der Waals surface area contributed by atoms with E-state index in [0.717, 1.165) is 24.8 Å². The van der Waals surface area contributed by atoms with E-state index in [1.54, 1.807) is 0 Å². The van der Waals surface area contributed by atoms with E-state index in [9.17, 15) is 9.59 Å². The lowest BCUT2D eigenvalue weighted by molar-refractivity contribution is -0.222. The monoisotopic (exact) mass is 318 g/mol. The van der Waals surface area contributed by atoms with Gasteiger partial charge in [-0.1, -0.05) is 36.8 Å². The van der Waals surface area contributed by atoms with Crippen LogP contribution in [0, 0.1) is 5.92 Å². The molecule has 23 heavy (non-hydrogen) atoms. The van der Waals surface area contributed by atoms with Gasteiger partial charge in [-0.15, -0.1) is 0 Å². The molecular weight excluding hydrogens is 296 g/mol. The number of esters is 2. The molecule has 2 aliphatic rings. The van der Waals surface area contributed by atoms with Gasteiger partial charge in [-0.25, -0.2) is 0 Å². The van der Waals surface area contributed by atoms with E-state index in [1.807, 2.05) is 30.3 Å². The van der Waals surface area contributed by atoms with Crippen molar-refractivity contribution in [1.29, 1.82) is 0 Å². The van der Waals surface area contributed by atoms with Gasteiger partial charge in [-0.05, 0) is 18.4 Å². The number of carbonyl (C=O) groups excluding carboxylic acids is 2. The Balaban J connectivity index is 1.95. The summed E-state index contributed by atoms with van der Waals surface area (Å²) in [4.78, 5) is 23.2. The van der Waals surface area contributed by atoms with Crippen molar-refractivity contribution in [3.05, 3.63) is 35.9 Å². The van der Waals surface area contributed by atoms with Crippen LogP contribution in [0.4, 0.5) is 0 Å². The Bertz CT molecular complexity index is 570. The second-order valence-electron chi connectivity index (χ2n) is 6.25. The highest BCUT2D eigenvalue weighted by atomic mass is 16.6. The van der Waals surface area contributed by atoms with Crippen LogP contribution in [0.3, 0.4) is 0 Å². The van der Waals surface area contributed by atoms with E-state index in [0.29, 0.717) is 0 Å². The molecule has 1 aliphatic carbocycles. The topological polar surface area (TPSA) is 61.8 Å². The quantitative estimate of drug-likeness (QED) is 0.802. The van der Waals surface area contributed by atoms with Crippen molar-refractivity contribution in [1.82, 2.24) is 0 Å². The Morgan fingerprint density at radius 1 is 1.00 bits per heavy atom. The summed E-state index contributed by atoms with van der Waals surface area (Å²) in [6.45, 7) is 2.76. The normalized spacial score (nSPS) is 32.9. The van der Waals surface area contributed by atoms with Crippen LogP contribution in [0.1, 0.15) is 44.8 Å². The van der Waals surface area contributed by atoms with Crippen LogP contribution in [0.15, 0.2) is 30.3 Å². The minimum atomic E-state index is -0.613. The minimum Gasteiger partial charge on any atom is -0.458 e. The first kappa shape index (κ1) is 16.0. The van der Waals surface area contributed by atoms with Crippen molar-refractivity contribution in [3.8, 4) is 0 Å². The van der Waals surface area contributed by atoms with E-state index in [-0.39, 0.29) is 18.0 Å². The van der Waals surface area contributed by atoms with Gasteiger partial charge >= 0.3 is 11.9 Å². The maximum atomic E-state index is 11.6. The van der Waals surface area contributed by atoms with Crippen LogP contribution < -0.4 is 0 Å². The van der Waals surface area contributed by atoms with E-state index in [1.165, 1.54) is 13.8 Å². The highest BCUT2D eigenvalue weighted by molar-refractivity contribution is 5.67. The second kappa shape index (κ2) is 6.71. The van der Waals surface area contributed by atoms with Gasteiger partial charge in [0.25, 0.3) is 0 Å². The largest absolute Gasteiger partial charge is 0.458 e. The molecule has 1 aliphatic heterocycles. The standard InChI is InChI=1S/C18H22O5/c1-11(19)21-17-14-9-6-10-15(14)23-16(18(17)22-12(2)20)13-7-4-3-5-8-13/h3-5,7-8,14-18H,6,9-10H2,1-2H3/t14-,15-,16+,17-,18+/m0/s1. The van der Waals surface area contributed by atoms with Gasteiger partial charge in [0.15, 0.2) is 6.10 Å². The van der Waals surface area contributed by atoms with E-state index in [2.05, 4.69) is 0 Å². The van der Waals surface area contributed by atoms with E-state index < -0.39 is 24.3 Å². The zero-order valence-electron chi connectivity index (χ0n) is 13.4. The number of benzene rings is 1. The van der Waals surface area contributed by atoms with Gasteiger partial charge in [-0.3, -0.25) is 9.59 Å². The molecule has 1 heterocycles. The van der Waals surface area contributed by atoms with Crippen LogP contribution in [0.25, 0.3) is 0 Å². The van der Waals surface area contributed by atoms with Crippen LogP contribution in [0.2, 0.25) is 0 Å². The lowest BCUT2D eigenvalue weighted by atomic mass is 9.85. The molecule has 0 bridgehead atoms. The predicted octanol–water partition coefficient (Wildman–Crippen LogP) is 2.79. The summed E-state index contributed by atoms with van der Waals surface area (Å²) in [6.07, 6.45) is 1.45. The fourth-order valence-electron chi connectivity index (χ4n) is 3.76. The summed E-state index contributed by atoms with van der Waals surface area (Å²) in [7, 11) is 0. The van der Waals surface area contributed by atoms with Crippen LogP contribution in [-0.4, -0.2) is 30.3 Å². The number of carbonyl (C=O) groups is 2. The summed E-state index contributed by atoms with van der Waals surface area (Å²) in [6, 6.07) is 9.66. The molecule has 0 radical (unpaired) electrons.